The van der Waals surface area contributed by atoms with Crippen molar-refractivity contribution in [1.29, 1.82) is 5.26 Å². The minimum absolute atomic E-state index is 0.607. The number of nitriles is 1. The van der Waals surface area contributed by atoms with Crippen LogP contribution in [0.3, 0.4) is 0 Å². The number of rotatable bonds is 1. The SMILES string of the molecule is N#Cc1ccc(N)c(N2CCC3(CCCCC3)CC2)c1. The Morgan fingerprint density at radius 3 is 2.40 bits per heavy atom. The van der Waals surface area contributed by atoms with Crippen LogP contribution in [0.2, 0.25) is 0 Å². The summed E-state index contributed by atoms with van der Waals surface area (Å²) in [6.45, 7) is 2.16. The van der Waals surface area contributed by atoms with E-state index in [0.717, 1.165) is 24.5 Å². The quantitative estimate of drug-likeness (QED) is 0.791. The van der Waals surface area contributed by atoms with Crippen molar-refractivity contribution in [2.75, 3.05) is 23.7 Å². The van der Waals surface area contributed by atoms with E-state index in [0.29, 0.717) is 11.0 Å². The van der Waals surface area contributed by atoms with Crippen molar-refractivity contribution in [2.45, 2.75) is 44.9 Å². The fraction of sp³-hybridized carbons (Fsp3) is 0.588. The highest BCUT2D eigenvalue weighted by Crippen LogP contribution is 2.45. The van der Waals surface area contributed by atoms with Crippen LogP contribution in [-0.4, -0.2) is 13.1 Å². The van der Waals surface area contributed by atoms with E-state index in [1.165, 1.54) is 44.9 Å². The topological polar surface area (TPSA) is 53.1 Å². The molecule has 0 bridgehead atoms. The van der Waals surface area contributed by atoms with Gasteiger partial charge in [-0.3, -0.25) is 0 Å². The molecule has 1 aromatic carbocycles. The largest absolute Gasteiger partial charge is 0.397 e. The van der Waals surface area contributed by atoms with Gasteiger partial charge < -0.3 is 10.6 Å². The third kappa shape index (κ3) is 2.47. The molecule has 1 aliphatic heterocycles. The molecule has 0 radical (unpaired) electrons. The second-order valence-electron chi connectivity index (χ2n) is 6.43. The number of anilines is 2. The Hall–Kier alpha value is -1.69. The van der Waals surface area contributed by atoms with Gasteiger partial charge in [-0.25, -0.2) is 0 Å². The molecule has 106 valence electrons. The zero-order valence-electron chi connectivity index (χ0n) is 12.1. The lowest BCUT2D eigenvalue weighted by Gasteiger charge is -2.45. The molecule has 2 N–H and O–H groups in total. The van der Waals surface area contributed by atoms with Gasteiger partial charge in [0.1, 0.15) is 0 Å². The lowest BCUT2D eigenvalue weighted by atomic mass is 9.68. The predicted molar refractivity (Wildman–Crippen MR) is 82.5 cm³/mol. The maximum Gasteiger partial charge on any atom is 0.0992 e. The molecule has 3 nitrogen and oxygen atoms in total. The summed E-state index contributed by atoms with van der Waals surface area (Å²) in [6.07, 6.45) is 9.62. The predicted octanol–water partition coefficient (Wildman–Crippen LogP) is 3.69. The summed E-state index contributed by atoms with van der Waals surface area (Å²) in [5.41, 5.74) is 9.25. The van der Waals surface area contributed by atoms with Crippen molar-refractivity contribution in [3.8, 4) is 6.07 Å². The van der Waals surface area contributed by atoms with Gasteiger partial charge in [-0.2, -0.15) is 5.26 Å². The van der Waals surface area contributed by atoms with Crippen molar-refractivity contribution in [1.82, 2.24) is 0 Å². The van der Waals surface area contributed by atoms with Gasteiger partial charge in [0.05, 0.1) is 23.0 Å². The highest BCUT2D eigenvalue weighted by Gasteiger charge is 2.35. The van der Waals surface area contributed by atoms with Crippen LogP contribution in [0.5, 0.6) is 0 Å². The molecule has 3 rings (SSSR count). The third-order valence-electron chi connectivity index (χ3n) is 5.24. The second kappa shape index (κ2) is 5.36. The maximum absolute atomic E-state index is 9.04. The van der Waals surface area contributed by atoms with E-state index in [4.69, 9.17) is 11.0 Å². The third-order valence-corrected chi connectivity index (χ3v) is 5.24. The van der Waals surface area contributed by atoms with Gasteiger partial charge in [0.15, 0.2) is 0 Å². The van der Waals surface area contributed by atoms with E-state index in [-0.39, 0.29) is 0 Å². The summed E-state index contributed by atoms with van der Waals surface area (Å²) in [6, 6.07) is 7.80. The number of benzene rings is 1. The normalized spacial score (nSPS) is 21.6. The molecular weight excluding hydrogens is 246 g/mol. The molecule has 1 aromatic rings. The number of piperidine rings is 1. The summed E-state index contributed by atoms with van der Waals surface area (Å²) in [7, 11) is 0. The molecule has 3 heteroatoms. The Morgan fingerprint density at radius 1 is 1.05 bits per heavy atom. The molecule has 1 aliphatic carbocycles. The van der Waals surface area contributed by atoms with Gasteiger partial charge >= 0.3 is 0 Å². The van der Waals surface area contributed by atoms with Crippen LogP contribution in [0.4, 0.5) is 11.4 Å². The Kier molecular flexibility index (Phi) is 3.56. The highest BCUT2D eigenvalue weighted by atomic mass is 15.1. The number of nitrogens with zero attached hydrogens (tertiary/aromatic N) is 2. The maximum atomic E-state index is 9.04. The molecular formula is C17H23N3. The van der Waals surface area contributed by atoms with Crippen molar-refractivity contribution in [2.24, 2.45) is 5.41 Å². The van der Waals surface area contributed by atoms with Gasteiger partial charge in [-0.05, 0) is 49.3 Å². The number of hydrogen-bond donors (Lipinski definition) is 1. The van der Waals surface area contributed by atoms with Crippen molar-refractivity contribution < 1.29 is 0 Å². The highest BCUT2D eigenvalue weighted by molar-refractivity contribution is 5.69. The average molecular weight is 269 g/mol. The van der Waals surface area contributed by atoms with Crippen molar-refractivity contribution in [3.63, 3.8) is 0 Å². The molecule has 0 amide bonds. The van der Waals surface area contributed by atoms with Crippen LogP contribution in [0.1, 0.15) is 50.5 Å². The number of nitrogen functional groups attached to an aromatic ring is 1. The Morgan fingerprint density at radius 2 is 1.75 bits per heavy atom. The van der Waals surface area contributed by atoms with E-state index in [2.05, 4.69) is 11.0 Å². The Labute approximate surface area is 121 Å². The summed E-state index contributed by atoms with van der Waals surface area (Å²) < 4.78 is 0. The summed E-state index contributed by atoms with van der Waals surface area (Å²) in [5.74, 6) is 0. The van der Waals surface area contributed by atoms with Crippen LogP contribution in [-0.2, 0) is 0 Å². The lowest BCUT2D eigenvalue weighted by molar-refractivity contribution is 0.144. The van der Waals surface area contributed by atoms with Gasteiger partial charge in [0.25, 0.3) is 0 Å². The Balaban J connectivity index is 1.73. The van der Waals surface area contributed by atoms with Crippen molar-refractivity contribution >= 4 is 11.4 Å². The average Bonchev–Trinajstić information content (AvgIpc) is 2.50. The fourth-order valence-corrected chi connectivity index (χ4v) is 3.91. The van der Waals surface area contributed by atoms with E-state index in [1.54, 1.807) is 6.07 Å². The van der Waals surface area contributed by atoms with Crippen LogP contribution in [0.25, 0.3) is 0 Å². The van der Waals surface area contributed by atoms with Gasteiger partial charge in [-0.1, -0.05) is 19.3 Å². The molecule has 1 saturated carbocycles. The van der Waals surface area contributed by atoms with Crippen LogP contribution in [0.15, 0.2) is 18.2 Å². The minimum atomic E-state index is 0.607. The van der Waals surface area contributed by atoms with E-state index < -0.39 is 0 Å². The molecule has 1 saturated heterocycles. The van der Waals surface area contributed by atoms with Gasteiger partial charge in [-0.15, -0.1) is 0 Å². The summed E-state index contributed by atoms with van der Waals surface area (Å²) in [4.78, 5) is 2.37. The molecule has 2 fully saturated rings. The summed E-state index contributed by atoms with van der Waals surface area (Å²) >= 11 is 0. The van der Waals surface area contributed by atoms with E-state index >= 15 is 0 Å². The first kappa shape index (κ1) is 13.3. The fourth-order valence-electron chi connectivity index (χ4n) is 3.91. The molecule has 2 aliphatic rings. The van der Waals surface area contributed by atoms with Crippen LogP contribution < -0.4 is 10.6 Å². The first-order chi connectivity index (χ1) is 9.72. The van der Waals surface area contributed by atoms with Crippen LogP contribution in [0, 0.1) is 16.7 Å². The molecule has 1 spiro atoms. The number of hydrogen-bond acceptors (Lipinski definition) is 3. The smallest absolute Gasteiger partial charge is 0.0992 e. The number of nitrogens with two attached hydrogens (primary N) is 1. The molecule has 0 atom stereocenters. The molecule has 1 heterocycles. The zero-order valence-corrected chi connectivity index (χ0v) is 12.1. The Bertz CT molecular complexity index is 514. The molecule has 0 unspecified atom stereocenters. The van der Waals surface area contributed by atoms with Gasteiger partial charge in [0, 0.05) is 13.1 Å². The van der Waals surface area contributed by atoms with Crippen LogP contribution >= 0.6 is 0 Å². The molecule has 20 heavy (non-hydrogen) atoms. The lowest BCUT2D eigenvalue weighted by Crippen LogP contribution is -2.41. The standard InChI is InChI=1S/C17H23N3/c18-13-14-4-5-15(19)16(12-14)20-10-8-17(9-11-20)6-2-1-3-7-17/h4-5,12H,1-3,6-11,19H2. The minimum Gasteiger partial charge on any atom is -0.397 e. The zero-order chi connectivity index (χ0) is 14.0. The second-order valence-corrected chi connectivity index (χ2v) is 6.43. The molecule has 0 aromatic heterocycles. The summed E-state index contributed by atoms with van der Waals surface area (Å²) in [5, 5.41) is 9.04. The first-order valence-corrected chi connectivity index (χ1v) is 7.77. The van der Waals surface area contributed by atoms with E-state index in [9.17, 15) is 0 Å². The van der Waals surface area contributed by atoms with Gasteiger partial charge in [0.2, 0.25) is 0 Å². The van der Waals surface area contributed by atoms with E-state index in [1.807, 2.05) is 12.1 Å². The van der Waals surface area contributed by atoms with Crippen molar-refractivity contribution in [3.05, 3.63) is 23.8 Å². The first-order valence-electron chi connectivity index (χ1n) is 7.77. The monoisotopic (exact) mass is 269 g/mol.